The van der Waals surface area contributed by atoms with Gasteiger partial charge in [-0.25, -0.2) is 4.57 Å². The monoisotopic (exact) mass is 1140 g/mol. The molecule has 0 aromatic heterocycles. The number of phosphoric ester groups is 1. The number of phosphoric acid groups is 1. The molecule has 0 radical (unpaired) electrons. The molecule has 3 atom stereocenters. The molecule has 3 unspecified atom stereocenters. The van der Waals surface area contributed by atoms with Crippen LogP contribution in [0.4, 0.5) is 0 Å². The van der Waals surface area contributed by atoms with Crippen LogP contribution in [-0.2, 0) is 18.4 Å². The predicted octanol–water partition coefficient (Wildman–Crippen LogP) is 21.3. The minimum atomic E-state index is -4.37. The molecule has 1 amide bonds. The lowest BCUT2D eigenvalue weighted by molar-refractivity contribution is -0.870. The Morgan fingerprint density at radius 2 is 0.762 bits per heavy atom. The minimum Gasteiger partial charge on any atom is -0.387 e. The molecular weight excluding hydrogens is 1010 g/mol. The van der Waals surface area contributed by atoms with E-state index in [9.17, 15) is 19.4 Å². The third kappa shape index (κ3) is 63.0. The van der Waals surface area contributed by atoms with Gasteiger partial charge in [-0.1, -0.05) is 304 Å². The average molecular weight is 1140 g/mol. The van der Waals surface area contributed by atoms with Gasteiger partial charge in [0, 0.05) is 6.42 Å². The van der Waals surface area contributed by atoms with E-state index in [0.29, 0.717) is 17.4 Å². The highest BCUT2D eigenvalue weighted by Gasteiger charge is 2.28. The molecule has 3 N–H and O–H groups in total. The zero-order chi connectivity index (χ0) is 58.4. The van der Waals surface area contributed by atoms with Crippen molar-refractivity contribution in [1.29, 1.82) is 0 Å². The summed E-state index contributed by atoms with van der Waals surface area (Å²) in [5.74, 6) is -0.196. The van der Waals surface area contributed by atoms with Crippen LogP contribution in [0.25, 0.3) is 0 Å². The Morgan fingerprint density at radius 3 is 1.15 bits per heavy atom. The number of likely N-dealkylation sites (N-methyl/N-ethyl adjacent to an activating group) is 1. The van der Waals surface area contributed by atoms with Gasteiger partial charge in [0.05, 0.1) is 39.9 Å². The van der Waals surface area contributed by atoms with Crippen LogP contribution in [-0.4, -0.2) is 73.4 Å². The van der Waals surface area contributed by atoms with Crippen LogP contribution < -0.4 is 5.32 Å². The number of carbonyl (C=O) groups excluding carboxylic acids is 1. The number of hydrogen-bond acceptors (Lipinski definition) is 5. The normalized spacial score (nSPS) is 14.3. The molecule has 0 saturated carbocycles. The molecule has 0 aliphatic rings. The Hall–Kier alpha value is -2.58. The second-order valence-electron chi connectivity index (χ2n) is 23.8. The fourth-order valence-electron chi connectivity index (χ4n) is 9.59. The van der Waals surface area contributed by atoms with E-state index in [1.54, 1.807) is 6.08 Å². The number of carbonyl (C=O) groups is 1. The molecule has 0 fully saturated rings. The van der Waals surface area contributed by atoms with Gasteiger partial charge in [-0.05, 0) is 83.5 Å². The van der Waals surface area contributed by atoms with E-state index in [1.165, 1.54) is 186 Å². The van der Waals surface area contributed by atoms with E-state index >= 15 is 0 Å². The Bertz CT molecular complexity index is 1620. The van der Waals surface area contributed by atoms with Crippen molar-refractivity contribution in [2.75, 3.05) is 40.9 Å². The topological polar surface area (TPSA) is 105 Å². The van der Waals surface area contributed by atoms with Crippen molar-refractivity contribution >= 4 is 13.7 Å². The van der Waals surface area contributed by atoms with Crippen LogP contribution in [0.1, 0.15) is 296 Å². The van der Waals surface area contributed by atoms with Crippen molar-refractivity contribution in [2.45, 2.75) is 309 Å². The SMILES string of the molecule is CC/C=C\C/C=C\C/C=C\C/C=C\C/C=C\C/C=C\CCCCCCCCCCC(=O)NC(COP(=O)(O)OCC[N+](C)(C)C)C(O)/C=C/CC/C=C/CCCCCCCCCCCCCCCCCCCCCCCCCCC. The molecule has 8 nitrogen and oxygen atoms in total. The van der Waals surface area contributed by atoms with Crippen LogP contribution in [0.15, 0.2) is 97.2 Å². The van der Waals surface area contributed by atoms with Crippen molar-refractivity contribution in [3.05, 3.63) is 97.2 Å². The summed E-state index contributed by atoms with van der Waals surface area (Å²) in [5, 5.41) is 14.0. The van der Waals surface area contributed by atoms with Crippen LogP contribution in [0.2, 0.25) is 0 Å². The summed E-state index contributed by atoms with van der Waals surface area (Å²) >= 11 is 0. The summed E-state index contributed by atoms with van der Waals surface area (Å²) in [5.41, 5.74) is 0. The molecule has 0 saturated heterocycles. The molecule has 0 aliphatic heterocycles. The lowest BCUT2D eigenvalue weighted by atomic mass is 10.0. The van der Waals surface area contributed by atoms with Gasteiger partial charge in [0.15, 0.2) is 0 Å². The molecule has 0 bridgehead atoms. The number of rotatable bonds is 61. The minimum absolute atomic E-state index is 0.0499. The van der Waals surface area contributed by atoms with Gasteiger partial charge in [-0.15, -0.1) is 0 Å². The Labute approximate surface area is 496 Å². The molecule has 0 spiro atoms. The first kappa shape index (κ1) is 77.4. The van der Waals surface area contributed by atoms with Gasteiger partial charge in [0.25, 0.3) is 0 Å². The van der Waals surface area contributed by atoms with E-state index in [-0.39, 0.29) is 19.1 Å². The van der Waals surface area contributed by atoms with Crippen LogP contribution in [0, 0.1) is 0 Å². The molecular formula is C71H130N2O6P+. The Morgan fingerprint density at radius 1 is 0.438 bits per heavy atom. The van der Waals surface area contributed by atoms with Gasteiger partial charge in [-0.3, -0.25) is 13.8 Å². The molecule has 9 heteroatoms. The number of nitrogens with one attached hydrogen (secondary N) is 1. The standard InChI is InChI=1S/C71H129N2O6P/c1-6-8-10-12-14-16-18-20-22-24-26-28-30-32-34-35-36-37-39-40-42-44-46-48-50-52-54-56-58-60-62-64-70(74)69(68-79-80(76,77)78-67-66-73(3,4)5)72-71(75)65-63-61-59-57-55-53-51-49-47-45-43-41-38-33-31-29-27-25-23-21-19-17-15-13-11-9-7-2/h9,11,15,17,21,23,27,29,33,38,43,45,54,56,62,64,69-70,74H,6-8,10,12-14,16,18-20,22,24-26,28,30-32,34-37,39-42,44,46-53,55,57-61,63,65-68H2,1-5H3,(H-,72,75,76,77)/p+1/b11-9-,17-15-,23-21-,29-27-,38-33-,45-43-,56-54+,64-62+. The maximum absolute atomic E-state index is 13.0. The number of unbranched alkanes of at least 4 members (excludes halogenated alkanes) is 34. The average Bonchev–Trinajstić information content (AvgIpc) is 3.42. The van der Waals surface area contributed by atoms with Crippen molar-refractivity contribution in [3.8, 4) is 0 Å². The summed E-state index contributed by atoms with van der Waals surface area (Å²) in [7, 11) is 1.54. The maximum atomic E-state index is 13.0. The van der Waals surface area contributed by atoms with Gasteiger partial charge in [0.2, 0.25) is 5.91 Å². The summed E-state index contributed by atoms with van der Waals surface area (Å²) < 4.78 is 23.8. The molecule has 464 valence electrons. The van der Waals surface area contributed by atoms with E-state index in [4.69, 9.17) is 9.05 Å². The summed E-state index contributed by atoms with van der Waals surface area (Å²) in [6, 6.07) is -0.877. The largest absolute Gasteiger partial charge is 0.472 e. The molecule has 0 aliphatic carbocycles. The predicted molar refractivity (Wildman–Crippen MR) is 350 cm³/mol. The first-order chi connectivity index (χ1) is 39.0. The van der Waals surface area contributed by atoms with Gasteiger partial charge in [0.1, 0.15) is 13.2 Å². The summed E-state index contributed by atoms with van der Waals surface area (Å²) in [4.78, 5) is 23.4. The van der Waals surface area contributed by atoms with Crippen LogP contribution in [0.5, 0.6) is 0 Å². The number of nitrogens with zero attached hydrogens (tertiary/aromatic N) is 1. The van der Waals surface area contributed by atoms with Gasteiger partial charge < -0.3 is 19.8 Å². The zero-order valence-corrected chi connectivity index (χ0v) is 53.9. The van der Waals surface area contributed by atoms with Crippen molar-refractivity contribution in [1.82, 2.24) is 5.32 Å². The van der Waals surface area contributed by atoms with E-state index in [1.807, 2.05) is 27.2 Å². The first-order valence-corrected chi connectivity index (χ1v) is 35.1. The van der Waals surface area contributed by atoms with Crippen molar-refractivity contribution in [3.63, 3.8) is 0 Å². The quantitative estimate of drug-likeness (QED) is 0.0243. The zero-order valence-electron chi connectivity index (χ0n) is 53.0. The van der Waals surface area contributed by atoms with E-state index in [0.717, 1.165) is 89.9 Å². The molecule has 0 aromatic rings. The number of aliphatic hydroxyl groups excluding tert-OH is 1. The number of aliphatic hydroxyl groups is 1. The second-order valence-corrected chi connectivity index (χ2v) is 25.3. The Kier molecular flexibility index (Phi) is 59.0. The smallest absolute Gasteiger partial charge is 0.387 e. The van der Waals surface area contributed by atoms with Crippen LogP contribution >= 0.6 is 7.82 Å². The van der Waals surface area contributed by atoms with Crippen LogP contribution in [0.3, 0.4) is 0 Å². The highest BCUT2D eigenvalue weighted by Crippen LogP contribution is 2.43. The number of amides is 1. The lowest BCUT2D eigenvalue weighted by Gasteiger charge is -2.25. The highest BCUT2D eigenvalue weighted by molar-refractivity contribution is 7.47. The number of hydrogen-bond donors (Lipinski definition) is 3. The fourth-order valence-corrected chi connectivity index (χ4v) is 10.3. The highest BCUT2D eigenvalue weighted by atomic mass is 31.2. The summed E-state index contributed by atoms with van der Waals surface area (Å²) in [6.45, 7) is 4.70. The van der Waals surface area contributed by atoms with Crippen molar-refractivity contribution < 1.29 is 32.9 Å². The maximum Gasteiger partial charge on any atom is 0.472 e. The van der Waals surface area contributed by atoms with E-state index < -0.39 is 20.0 Å². The van der Waals surface area contributed by atoms with Crippen molar-refractivity contribution in [2.24, 2.45) is 0 Å². The second kappa shape index (κ2) is 61.0. The molecule has 0 heterocycles. The third-order valence-corrected chi connectivity index (χ3v) is 15.8. The first-order valence-electron chi connectivity index (χ1n) is 33.6. The van der Waals surface area contributed by atoms with Gasteiger partial charge >= 0.3 is 7.82 Å². The number of quaternary nitrogens is 1. The molecule has 80 heavy (non-hydrogen) atoms. The van der Waals surface area contributed by atoms with E-state index in [2.05, 4.69) is 104 Å². The molecule has 0 aromatic carbocycles. The Balaban J connectivity index is 4.18. The lowest BCUT2D eigenvalue weighted by Crippen LogP contribution is -2.45. The third-order valence-electron chi connectivity index (χ3n) is 14.8. The number of allylic oxidation sites excluding steroid dienone is 15. The fraction of sp³-hybridized carbons (Fsp3) is 0.761. The summed E-state index contributed by atoms with van der Waals surface area (Å²) in [6.07, 6.45) is 88.3. The molecule has 0 rings (SSSR count). The van der Waals surface area contributed by atoms with Gasteiger partial charge in [-0.2, -0.15) is 0 Å².